The summed E-state index contributed by atoms with van der Waals surface area (Å²) in [6.07, 6.45) is 1.42. The van der Waals surface area contributed by atoms with Crippen LogP contribution in [0.2, 0.25) is 10.0 Å². The molecule has 1 aliphatic heterocycles. The number of nitrogens with zero attached hydrogens (tertiary/aromatic N) is 1. The lowest BCUT2D eigenvalue weighted by Gasteiger charge is -2.16. The highest BCUT2D eigenvalue weighted by Gasteiger charge is 2.22. The maximum atomic E-state index is 6.01. The zero-order valence-corrected chi connectivity index (χ0v) is 11.3. The molecule has 1 unspecified atom stereocenters. The van der Waals surface area contributed by atoms with Gasteiger partial charge in [-0.1, -0.05) is 23.2 Å². The summed E-state index contributed by atoms with van der Waals surface area (Å²) < 4.78 is 5.33. The summed E-state index contributed by atoms with van der Waals surface area (Å²) >= 11 is 12.0. The van der Waals surface area contributed by atoms with Crippen molar-refractivity contribution in [2.45, 2.75) is 19.1 Å². The third-order valence-corrected chi connectivity index (χ3v) is 3.73. The normalized spacial score (nSPS) is 21.0. The largest absolute Gasteiger partial charge is 0.396 e. The van der Waals surface area contributed by atoms with Crippen LogP contribution in [-0.4, -0.2) is 31.2 Å². The van der Waals surface area contributed by atoms with Crippen LogP contribution >= 0.6 is 23.2 Å². The van der Waals surface area contributed by atoms with Crippen LogP contribution in [0.1, 0.15) is 12.0 Å². The van der Waals surface area contributed by atoms with Crippen molar-refractivity contribution in [2.75, 3.05) is 25.9 Å². The van der Waals surface area contributed by atoms with Crippen LogP contribution in [0.25, 0.3) is 0 Å². The van der Waals surface area contributed by atoms with E-state index in [4.69, 9.17) is 33.7 Å². The summed E-state index contributed by atoms with van der Waals surface area (Å²) in [6, 6.07) is 3.76. The molecule has 1 atom stereocenters. The van der Waals surface area contributed by atoms with Crippen molar-refractivity contribution in [3.63, 3.8) is 0 Å². The monoisotopic (exact) mass is 274 g/mol. The molecular weight excluding hydrogens is 259 g/mol. The van der Waals surface area contributed by atoms with E-state index in [2.05, 4.69) is 4.90 Å². The number of ether oxygens (including phenoxy) is 1. The van der Waals surface area contributed by atoms with Crippen LogP contribution < -0.4 is 5.73 Å². The molecule has 0 radical (unpaired) electrons. The van der Waals surface area contributed by atoms with Crippen molar-refractivity contribution in [3.05, 3.63) is 27.7 Å². The lowest BCUT2D eigenvalue weighted by atomic mass is 10.2. The summed E-state index contributed by atoms with van der Waals surface area (Å²) in [5.74, 6) is 0. The number of nitrogens with two attached hydrogens (primary N) is 1. The van der Waals surface area contributed by atoms with Gasteiger partial charge in [0.25, 0.3) is 0 Å². The van der Waals surface area contributed by atoms with E-state index in [0.29, 0.717) is 21.8 Å². The predicted molar refractivity (Wildman–Crippen MR) is 71.6 cm³/mol. The molecule has 2 N–H and O–H groups in total. The summed E-state index contributed by atoms with van der Waals surface area (Å²) in [6.45, 7) is 2.83. The molecule has 5 heteroatoms. The second-order valence-corrected chi connectivity index (χ2v) is 5.17. The minimum atomic E-state index is 0.342. The SMILES string of the molecule is COC1CCN(Cc2cc(Cl)c(N)c(Cl)c2)C1. The van der Waals surface area contributed by atoms with E-state index in [1.165, 1.54) is 0 Å². The van der Waals surface area contributed by atoms with Gasteiger partial charge in [0, 0.05) is 26.7 Å². The Balaban J connectivity index is 2.04. The predicted octanol–water partition coefficient (Wildman–Crippen LogP) is 2.80. The van der Waals surface area contributed by atoms with E-state index in [1.807, 2.05) is 12.1 Å². The number of hydrogen-bond acceptors (Lipinski definition) is 3. The Hall–Kier alpha value is -0.480. The van der Waals surface area contributed by atoms with Crippen LogP contribution in [-0.2, 0) is 11.3 Å². The van der Waals surface area contributed by atoms with Crippen LogP contribution in [0.4, 0.5) is 5.69 Å². The van der Waals surface area contributed by atoms with Crippen molar-refractivity contribution in [3.8, 4) is 0 Å². The van der Waals surface area contributed by atoms with Crippen LogP contribution in [0.5, 0.6) is 0 Å². The smallest absolute Gasteiger partial charge is 0.0710 e. The van der Waals surface area contributed by atoms with Gasteiger partial charge in [0.2, 0.25) is 0 Å². The minimum absolute atomic E-state index is 0.342. The van der Waals surface area contributed by atoms with E-state index in [9.17, 15) is 0 Å². The van der Waals surface area contributed by atoms with Crippen molar-refractivity contribution >= 4 is 28.9 Å². The van der Waals surface area contributed by atoms with Gasteiger partial charge in [0.05, 0.1) is 21.8 Å². The third-order valence-electron chi connectivity index (χ3n) is 3.11. The van der Waals surface area contributed by atoms with Crippen molar-refractivity contribution in [1.82, 2.24) is 4.90 Å². The van der Waals surface area contributed by atoms with Crippen molar-refractivity contribution < 1.29 is 4.74 Å². The molecule has 0 bridgehead atoms. The highest BCUT2D eigenvalue weighted by atomic mass is 35.5. The van der Waals surface area contributed by atoms with Gasteiger partial charge in [0.1, 0.15) is 0 Å². The second kappa shape index (κ2) is 5.44. The fraction of sp³-hybridized carbons (Fsp3) is 0.500. The number of benzene rings is 1. The van der Waals surface area contributed by atoms with E-state index >= 15 is 0 Å². The van der Waals surface area contributed by atoms with E-state index in [-0.39, 0.29) is 0 Å². The highest BCUT2D eigenvalue weighted by molar-refractivity contribution is 6.38. The second-order valence-electron chi connectivity index (χ2n) is 4.35. The molecule has 0 aliphatic carbocycles. The van der Waals surface area contributed by atoms with Crippen LogP contribution in [0.15, 0.2) is 12.1 Å². The van der Waals surface area contributed by atoms with Crippen LogP contribution in [0.3, 0.4) is 0 Å². The Kier molecular flexibility index (Phi) is 4.15. The van der Waals surface area contributed by atoms with Gasteiger partial charge in [0.15, 0.2) is 0 Å². The van der Waals surface area contributed by atoms with E-state index in [0.717, 1.165) is 31.6 Å². The molecule has 2 rings (SSSR count). The molecule has 0 aromatic heterocycles. The Morgan fingerprint density at radius 2 is 2.06 bits per heavy atom. The zero-order valence-electron chi connectivity index (χ0n) is 9.75. The van der Waals surface area contributed by atoms with Gasteiger partial charge in [-0.15, -0.1) is 0 Å². The number of hydrogen-bond donors (Lipinski definition) is 1. The molecule has 1 aromatic carbocycles. The minimum Gasteiger partial charge on any atom is -0.396 e. The quantitative estimate of drug-likeness (QED) is 0.862. The Labute approximate surface area is 111 Å². The van der Waals surface area contributed by atoms with E-state index in [1.54, 1.807) is 7.11 Å². The van der Waals surface area contributed by atoms with Crippen molar-refractivity contribution in [1.29, 1.82) is 0 Å². The maximum Gasteiger partial charge on any atom is 0.0710 e. The molecule has 3 nitrogen and oxygen atoms in total. The lowest BCUT2D eigenvalue weighted by Crippen LogP contribution is -2.22. The summed E-state index contributed by atoms with van der Waals surface area (Å²) in [7, 11) is 1.76. The van der Waals surface area contributed by atoms with Crippen molar-refractivity contribution in [2.24, 2.45) is 0 Å². The zero-order chi connectivity index (χ0) is 12.4. The van der Waals surface area contributed by atoms with Crippen LogP contribution in [0, 0.1) is 0 Å². The van der Waals surface area contributed by atoms with Gasteiger partial charge >= 0.3 is 0 Å². The molecule has 1 heterocycles. The average Bonchev–Trinajstić information content (AvgIpc) is 2.73. The maximum absolute atomic E-state index is 6.01. The summed E-state index contributed by atoms with van der Waals surface area (Å²) in [5, 5.41) is 1.05. The molecule has 17 heavy (non-hydrogen) atoms. The molecule has 94 valence electrons. The molecule has 1 aliphatic rings. The first kappa shape index (κ1) is 13.0. The van der Waals surface area contributed by atoms with Gasteiger partial charge < -0.3 is 10.5 Å². The Morgan fingerprint density at radius 1 is 1.41 bits per heavy atom. The number of rotatable bonds is 3. The number of halogens is 2. The number of anilines is 1. The van der Waals surface area contributed by atoms with Gasteiger partial charge in [-0.05, 0) is 24.1 Å². The van der Waals surface area contributed by atoms with Gasteiger partial charge in [-0.2, -0.15) is 0 Å². The fourth-order valence-electron chi connectivity index (χ4n) is 2.12. The van der Waals surface area contributed by atoms with Gasteiger partial charge in [-0.25, -0.2) is 0 Å². The Bertz CT molecular complexity index is 388. The fourth-order valence-corrected chi connectivity index (χ4v) is 2.65. The summed E-state index contributed by atoms with van der Waals surface area (Å²) in [4.78, 5) is 2.33. The molecule has 0 amide bonds. The van der Waals surface area contributed by atoms with E-state index < -0.39 is 0 Å². The topological polar surface area (TPSA) is 38.5 Å². The average molecular weight is 275 g/mol. The number of methoxy groups -OCH3 is 1. The molecule has 1 saturated heterocycles. The molecule has 0 saturated carbocycles. The number of likely N-dealkylation sites (tertiary alicyclic amines) is 1. The standard InChI is InChI=1S/C12H16Cl2N2O/c1-17-9-2-3-16(7-9)6-8-4-10(13)12(15)11(14)5-8/h4-5,9H,2-3,6-7,15H2,1H3. The van der Waals surface area contributed by atoms with Gasteiger partial charge in [-0.3, -0.25) is 4.90 Å². The third kappa shape index (κ3) is 3.05. The summed E-state index contributed by atoms with van der Waals surface area (Å²) in [5.41, 5.74) is 7.25. The first-order valence-electron chi connectivity index (χ1n) is 5.58. The molecule has 0 spiro atoms. The lowest BCUT2D eigenvalue weighted by molar-refractivity contribution is 0.107. The molecular formula is C12H16Cl2N2O. The highest BCUT2D eigenvalue weighted by Crippen LogP contribution is 2.29. The Morgan fingerprint density at radius 3 is 2.59 bits per heavy atom. The molecule has 1 aromatic rings. The first-order valence-corrected chi connectivity index (χ1v) is 6.34. The first-order chi connectivity index (χ1) is 8.10. The number of nitrogen functional groups attached to an aromatic ring is 1. The molecule has 1 fully saturated rings.